The predicted molar refractivity (Wildman–Crippen MR) is 129 cm³/mol. The molecule has 1 aliphatic carbocycles. The number of rotatable bonds is 3. The monoisotopic (exact) mass is 461 g/mol. The summed E-state index contributed by atoms with van der Waals surface area (Å²) in [5.74, 6) is 0.113. The van der Waals surface area contributed by atoms with E-state index in [-0.39, 0.29) is 11.9 Å². The second-order valence-corrected chi connectivity index (χ2v) is 9.54. The van der Waals surface area contributed by atoms with E-state index < -0.39 is 0 Å². The number of hydrogen-bond donors (Lipinski definition) is 0. The van der Waals surface area contributed by atoms with Gasteiger partial charge < -0.3 is 10.1 Å². The minimum atomic E-state index is 0.113. The van der Waals surface area contributed by atoms with Crippen molar-refractivity contribution in [3.8, 4) is 0 Å². The topological polar surface area (TPSA) is 50.5 Å². The molecule has 0 bridgehead atoms. The van der Waals surface area contributed by atoms with E-state index in [4.69, 9.17) is 11.6 Å². The van der Waals surface area contributed by atoms with Gasteiger partial charge in [0.2, 0.25) is 5.91 Å². The van der Waals surface area contributed by atoms with Gasteiger partial charge in [-0.15, -0.1) is 0 Å². The maximum absolute atomic E-state index is 12.9. The van der Waals surface area contributed by atoms with E-state index >= 15 is 0 Å². The van der Waals surface area contributed by atoms with Gasteiger partial charge in [-0.2, -0.15) is 4.73 Å². The molecule has 1 atom stereocenters. The molecule has 2 heterocycles. The highest BCUT2D eigenvalue weighted by molar-refractivity contribution is 6.30. The molecule has 5 nitrogen and oxygen atoms in total. The van der Waals surface area contributed by atoms with Crippen molar-refractivity contribution in [2.24, 2.45) is 0 Å². The Kier molecular flexibility index (Phi) is 6.09. The molecule has 2 aromatic carbocycles. The summed E-state index contributed by atoms with van der Waals surface area (Å²) in [6.45, 7) is 5.20. The summed E-state index contributed by atoms with van der Waals surface area (Å²) in [7, 11) is 0. The Morgan fingerprint density at radius 1 is 0.970 bits per heavy atom. The summed E-state index contributed by atoms with van der Waals surface area (Å²) < 4.78 is 0.740. The molecule has 0 saturated carbocycles. The molecule has 1 unspecified atom stereocenters. The summed E-state index contributed by atoms with van der Waals surface area (Å²) in [6, 6.07) is 16.7. The number of halogens is 1. The first kappa shape index (κ1) is 21.9. The summed E-state index contributed by atoms with van der Waals surface area (Å²) in [6.07, 6.45) is 5.21. The van der Waals surface area contributed by atoms with Crippen LogP contribution in [0.15, 0.2) is 60.9 Å². The second-order valence-electron chi connectivity index (χ2n) is 9.11. The summed E-state index contributed by atoms with van der Waals surface area (Å²) in [4.78, 5) is 17.3. The Hall–Kier alpha value is -2.89. The summed E-state index contributed by atoms with van der Waals surface area (Å²) in [5.41, 5.74) is 7.59. The molecule has 1 aromatic heterocycles. The quantitative estimate of drug-likeness (QED) is 0.439. The molecule has 1 fully saturated rings. The Bertz CT molecular complexity index is 1120. The van der Waals surface area contributed by atoms with Crippen LogP contribution < -0.4 is 4.73 Å². The van der Waals surface area contributed by atoms with E-state index in [0.29, 0.717) is 19.5 Å². The highest BCUT2D eigenvalue weighted by Gasteiger charge is 2.32. The average Bonchev–Trinajstić information content (AvgIpc) is 2.97. The fourth-order valence-corrected chi connectivity index (χ4v) is 5.38. The molecule has 1 saturated heterocycles. The number of hydrogen-bond acceptors (Lipinski definition) is 3. The molecule has 0 radical (unpaired) electrons. The molecule has 0 spiro atoms. The van der Waals surface area contributed by atoms with Crippen molar-refractivity contribution in [3.63, 3.8) is 0 Å². The first-order valence-electron chi connectivity index (χ1n) is 11.6. The molecule has 1 amide bonds. The molecule has 33 heavy (non-hydrogen) atoms. The van der Waals surface area contributed by atoms with Crippen LogP contribution in [0.5, 0.6) is 0 Å². The third kappa shape index (κ3) is 4.61. The number of nitrogens with zero attached hydrogens (tertiary/aromatic N) is 3. The van der Waals surface area contributed by atoms with Gasteiger partial charge in [0.15, 0.2) is 12.4 Å². The van der Waals surface area contributed by atoms with Crippen LogP contribution >= 0.6 is 11.6 Å². The van der Waals surface area contributed by atoms with E-state index in [1.54, 1.807) is 12.1 Å². The van der Waals surface area contributed by atoms with Gasteiger partial charge in [0.05, 0.1) is 12.5 Å². The lowest BCUT2D eigenvalue weighted by atomic mass is 9.92. The molecule has 0 N–H and O–H groups in total. The Morgan fingerprint density at radius 2 is 1.61 bits per heavy atom. The normalized spacial score (nSPS) is 18.4. The molecule has 5 rings (SSSR count). The van der Waals surface area contributed by atoms with Gasteiger partial charge in [0, 0.05) is 43.3 Å². The number of fused-ring (bicyclic) bond motifs is 2. The van der Waals surface area contributed by atoms with Crippen molar-refractivity contribution in [2.75, 3.05) is 26.2 Å². The molecule has 3 aromatic rings. The van der Waals surface area contributed by atoms with Gasteiger partial charge in [-0.3, -0.25) is 9.69 Å². The second kappa shape index (κ2) is 9.16. The smallest absolute Gasteiger partial charge is 0.227 e. The highest BCUT2D eigenvalue weighted by Crippen LogP contribution is 2.38. The summed E-state index contributed by atoms with van der Waals surface area (Å²) in [5, 5.41) is 12.0. The fraction of sp³-hybridized carbons (Fsp3) is 0.333. The van der Waals surface area contributed by atoms with Crippen LogP contribution in [0.1, 0.15) is 39.4 Å². The number of benzene rings is 2. The van der Waals surface area contributed by atoms with Crippen LogP contribution in [0.25, 0.3) is 0 Å². The maximum Gasteiger partial charge on any atom is 0.227 e. The number of pyridine rings is 1. The number of carbonyl (C=O) groups excluding carboxylic acids is 1. The standard InChI is InChI=1S/C27H28ClN3O2/c1-19-2-6-24-21(16-19)3-4-22-18-23(28)5-7-25(22)27(24)30-14-12-29(13-15-30)26(32)17-20-8-10-31(33)11-9-20/h2,5-11,16,18,27H,3-4,12-15,17H2,1H3. The molecular weight excluding hydrogens is 434 g/mol. The van der Waals surface area contributed by atoms with Crippen molar-refractivity contribution >= 4 is 17.5 Å². The number of amides is 1. The van der Waals surface area contributed by atoms with Crippen molar-refractivity contribution in [2.45, 2.75) is 32.2 Å². The summed E-state index contributed by atoms with van der Waals surface area (Å²) >= 11 is 6.35. The fourth-order valence-electron chi connectivity index (χ4n) is 5.18. The lowest BCUT2D eigenvalue weighted by Crippen LogP contribution is -2.50. The maximum atomic E-state index is 12.9. The zero-order valence-corrected chi connectivity index (χ0v) is 19.6. The third-order valence-electron chi connectivity index (χ3n) is 6.91. The number of aryl methyl sites for hydroxylation is 3. The zero-order valence-electron chi connectivity index (χ0n) is 18.8. The van der Waals surface area contributed by atoms with Crippen LogP contribution in [0.3, 0.4) is 0 Å². The number of carbonyl (C=O) groups is 1. The van der Waals surface area contributed by atoms with Crippen LogP contribution in [-0.4, -0.2) is 41.9 Å². The zero-order chi connectivity index (χ0) is 22.9. The van der Waals surface area contributed by atoms with Gasteiger partial charge in [-0.1, -0.05) is 41.4 Å². The van der Waals surface area contributed by atoms with E-state index in [2.05, 4.69) is 42.2 Å². The number of aromatic nitrogens is 1. The first-order chi connectivity index (χ1) is 16.0. The minimum Gasteiger partial charge on any atom is -0.619 e. The first-order valence-corrected chi connectivity index (χ1v) is 11.9. The van der Waals surface area contributed by atoms with E-state index in [1.165, 1.54) is 40.2 Å². The van der Waals surface area contributed by atoms with Crippen molar-refractivity contribution in [1.29, 1.82) is 0 Å². The van der Waals surface area contributed by atoms with Crippen LogP contribution in [0.4, 0.5) is 0 Å². The third-order valence-corrected chi connectivity index (χ3v) is 7.15. The van der Waals surface area contributed by atoms with Crippen molar-refractivity contribution < 1.29 is 9.52 Å². The van der Waals surface area contributed by atoms with Gasteiger partial charge in [-0.25, -0.2) is 0 Å². The molecule has 6 heteroatoms. The lowest BCUT2D eigenvalue weighted by molar-refractivity contribution is -0.605. The SMILES string of the molecule is Cc1ccc2c(c1)CCc1cc(Cl)ccc1C2N1CCN(C(=O)Cc2cc[n+]([O-])cc2)CC1. The van der Waals surface area contributed by atoms with E-state index in [0.717, 1.165) is 41.2 Å². The molecule has 1 aliphatic heterocycles. The largest absolute Gasteiger partial charge is 0.619 e. The van der Waals surface area contributed by atoms with Crippen molar-refractivity contribution in [1.82, 2.24) is 9.80 Å². The Labute approximate surface area is 199 Å². The van der Waals surface area contributed by atoms with Crippen molar-refractivity contribution in [3.05, 3.63) is 105 Å². The molecular formula is C27H28ClN3O2. The van der Waals surface area contributed by atoms with E-state index in [1.807, 2.05) is 11.0 Å². The lowest BCUT2D eigenvalue weighted by Gasteiger charge is -2.40. The van der Waals surface area contributed by atoms with Gasteiger partial charge in [0.1, 0.15) is 0 Å². The predicted octanol–water partition coefficient (Wildman–Crippen LogP) is 3.86. The highest BCUT2D eigenvalue weighted by atomic mass is 35.5. The van der Waals surface area contributed by atoms with Gasteiger partial charge in [0.25, 0.3) is 0 Å². The average molecular weight is 462 g/mol. The van der Waals surface area contributed by atoms with Crippen LogP contribution in [-0.2, 0) is 24.1 Å². The molecule has 2 aliphatic rings. The van der Waals surface area contributed by atoms with E-state index in [9.17, 15) is 10.0 Å². The van der Waals surface area contributed by atoms with Crippen LogP contribution in [0.2, 0.25) is 5.02 Å². The number of piperazine rings is 1. The van der Waals surface area contributed by atoms with Gasteiger partial charge in [-0.05, 0) is 59.7 Å². The molecule has 170 valence electrons. The Morgan fingerprint density at radius 3 is 2.30 bits per heavy atom. The Balaban J connectivity index is 1.36. The minimum absolute atomic E-state index is 0.113. The van der Waals surface area contributed by atoms with Crippen LogP contribution in [0, 0.1) is 12.1 Å². The van der Waals surface area contributed by atoms with Gasteiger partial charge >= 0.3 is 0 Å².